The molecule has 0 radical (unpaired) electrons. The Labute approximate surface area is 337 Å². The van der Waals surface area contributed by atoms with Crippen molar-refractivity contribution in [1.29, 1.82) is 5.41 Å². The van der Waals surface area contributed by atoms with E-state index in [-0.39, 0.29) is 17.8 Å². The lowest BCUT2D eigenvalue weighted by Gasteiger charge is -2.31. The quantitative estimate of drug-likeness (QED) is 0.0262. The average Bonchev–Trinajstić information content (AvgIpc) is 3.14. The van der Waals surface area contributed by atoms with Crippen molar-refractivity contribution in [2.24, 2.45) is 33.8 Å². The number of nitrogens with two attached hydrogens (primary N) is 4. The fraction of sp³-hybridized carbons (Fsp3) is 0.511. The number of nitrogens with zero attached hydrogens (tertiary/aromatic N) is 2. The van der Waals surface area contributed by atoms with Gasteiger partial charge in [-0.1, -0.05) is 133 Å². The fourth-order valence-corrected chi connectivity index (χ4v) is 4.66. The molecule has 2 atom stereocenters. The minimum absolute atomic E-state index is 0.0680. The van der Waals surface area contributed by atoms with E-state index in [0.29, 0.717) is 25.7 Å². The molecular formula is C45H82N10. The Balaban J connectivity index is -0.000000717. The maximum atomic E-state index is 6.28. The Morgan fingerprint density at radius 1 is 0.873 bits per heavy atom. The number of amidine groups is 1. The van der Waals surface area contributed by atoms with Crippen LogP contribution in [0.15, 0.2) is 115 Å². The van der Waals surface area contributed by atoms with Gasteiger partial charge in [0.1, 0.15) is 0 Å². The highest BCUT2D eigenvalue weighted by Gasteiger charge is 2.16. The third-order valence-corrected chi connectivity index (χ3v) is 7.37. The maximum absolute atomic E-state index is 6.28. The van der Waals surface area contributed by atoms with Crippen molar-refractivity contribution in [3.63, 3.8) is 0 Å². The van der Waals surface area contributed by atoms with E-state index in [4.69, 9.17) is 28.3 Å². The van der Waals surface area contributed by atoms with Crippen molar-refractivity contribution in [2.45, 2.75) is 105 Å². The first kappa shape index (κ1) is 54.8. The van der Waals surface area contributed by atoms with Gasteiger partial charge in [0, 0.05) is 55.9 Å². The van der Waals surface area contributed by atoms with E-state index in [1.54, 1.807) is 0 Å². The van der Waals surface area contributed by atoms with Crippen LogP contribution in [0.25, 0.3) is 0 Å². The van der Waals surface area contributed by atoms with Crippen molar-refractivity contribution < 1.29 is 0 Å². The van der Waals surface area contributed by atoms with Crippen molar-refractivity contribution >= 4 is 11.8 Å². The van der Waals surface area contributed by atoms with E-state index >= 15 is 0 Å². The van der Waals surface area contributed by atoms with Crippen molar-refractivity contribution in [1.82, 2.24) is 20.9 Å². The lowest BCUT2D eigenvalue weighted by molar-refractivity contribution is 0.302. The summed E-state index contributed by atoms with van der Waals surface area (Å²) >= 11 is 0. The molecule has 2 rings (SSSR count). The Bertz CT molecular complexity index is 1260. The summed E-state index contributed by atoms with van der Waals surface area (Å²) in [5.41, 5.74) is 26.4. The molecule has 0 aliphatic heterocycles. The number of rotatable bonds is 22. The first-order valence-corrected chi connectivity index (χ1v) is 19.8. The second-order valence-corrected chi connectivity index (χ2v) is 13.9. The third-order valence-electron chi connectivity index (χ3n) is 7.37. The van der Waals surface area contributed by atoms with E-state index in [1.165, 1.54) is 36.6 Å². The summed E-state index contributed by atoms with van der Waals surface area (Å²) in [5.74, 6) is 1.18. The van der Waals surface area contributed by atoms with Crippen LogP contribution < -0.4 is 38.9 Å². The lowest BCUT2D eigenvalue weighted by Crippen LogP contribution is -2.38. The molecule has 0 bridgehead atoms. The van der Waals surface area contributed by atoms with Gasteiger partial charge >= 0.3 is 0 Å². The Morgan fingerprint density at radius 3 is 1.84 bits per heavy atom. The SMILES string of the molecule is C=C(C(CCCCN=C(N)N)NC)N(CCC)CCCC.C=CCNC(=C)C(Cc1ccccc1)NC(=C)CN.CC(=N)N.CC(C)C.Cc1ccccc1. The number of unbranched alkanes of at least 4 members (excludes halogenated alkanes) is 2. The molecule has 10 nitrogen and oxygen atoms in total. The van der Waals surface area contributed by atoms with Crippen LogP contribution in [0.1, 0.15) is 91.2 Å². The second kappa shape index (κ2) is 37.8. The van der Waals surface area contributed by atoms with Gasteiger partial charge in [-0.3, -0.25) is 10.4 Å². The van der Waals surface area contributed by atoms with Crippen LogP contribution >= 0.6 is 0 Å². The number of benzene rings is 2. The van der Waals surface area contributed by atoms with Crippen LogP contribution in [0, 0.1) is 18.3 Å². The van der Waals surface area contributed by atoms with Crippen molar-refractivity contribution in [2.75, 3.05) is 39.8 Å². The summed E-state index contributed by atoms with van der Waals surface area (Å²) in [6.45, 7) is 34.5. The van der Waals surface area contributed by atoms with Gasteiger partial charge in [0.25, 0.3) is 0 Å². The molecule has 0 saturated carbocycles. The molecule has 0 aromatic heterocycles. The molecule has 0 fully saturated rings. The first-order chi connectivity index (χ1) is 26.1. The standard InChI is InChI=1S/C16H35N5.C16H23N3.C7H8.C4H10.C2H6N2/c1-5-7-13-21(12-6-2)14(3)15(19-4)10-8-9-11-20-16(17)18;1-4-10-18-14(3)16(19-13(2)12-17)11-15-8-6-5-7-9-15;1-7-5-3-2-4-6-7;1-4(2)3;1-2(3)4/h15,19H,3,5-13H2,1-2,4H3,(H4,17,18,20);4-9,16,18-19H,1-3,10-12,17H2;2-6H,1H3;4H,1-3H3;1H3,(H3,3,4). The largest absolute Gasteiger partial charge is 0.388 e. The predicted molar refractivity (Wildman–Crippen MR) is 245 cm³/mol. The zero-order chi connectivity index (χ0) is 42.4. The number of hydrogen-bond acceptors (Lipinski definition) is 7. The highest BCUT2D eigenvalue weighted by atomic mass is 15.2. The second-order valence-electron chi connectivity index (χ2n) is 13.9. The summed E-state index contributed by atoms with van der Waals surface area (Å²) in [5, 5.41) is 16.2. The molecule has 2 aromatic rings. The number of guanidine groups is 1. The summed E-state index contributed by atoms with van der Waals surface area (Å²) in [6, 6.07) is 20.9. The van der Waals surface area contributed by atoms with Crippen LogP contribution in [-0.2, 0) is 6.42 Å². The number of aliphatic imine (C=N–C) groups is 1. The molecule has 2 unspecified atom stereocenters. The van der Waals surface area contributed by atoms with Gasteiger partial charge in [-0.25, -0.2) is 0 Å². The molecule has 0 spiro atoms. The van der Waals surface area contributed by atoms with Gasteiger partial charge in [-0.15, -0.1) is 6.58 Å². The Hall–Kier alpha value is -4.54. The van der Waals surface area contributed by atoms with Crippen molar-refractivity contribution in [3.05, 3.63) is 121 Å². The van der Waals surface area contributed by atoms with E-state index in [1.807, 2.05) is 49.5 Å². The highest BCUT2D eigenvalue weighted by molar-refractivity contribution is 5.75. The molecule has 0 amide bonds. The topological polar surface area (TPSA) is 180 Å². The van der Waals surface area contributed by atoms with Crippen LogP contribution in [-0.4, -0.2) is 68.6 Å². The fourth-order valence-electron chi connectivity index (χ4n) is 4.66. The summed E-state index contributed by atoms with van der Waals surface area (Å²) in [7, 11) is 2.01. The van der Waals surface area contributed by atoms with E-state index < -0.39 is 0 Å². The minimum Gasteiger partial charge on any atom is -0.388 e. The zero-order valence-corrected chi connectivity index (χ0v) is 36.1. The predicted octanol–water partition coefficient (Wildman–Crippen LogP) is 7.59. The number of likely N-dealkylation sites (N-methyl/N-ethyl adjacent to an activating group) is 1. The smallest absolute Gasteiger partial charge is 0.185 e. The highest BCUT2D eigenvalue weighted by Crippen LogP contribution is 2.15. The summed E-state index contributed by atoms with van der Waals surface area (Å²) in [4.78, 5) is 6.45. The summed E-state index contributed by atoms with van der Waals surface area (Å²) < 4.78 is 0. The van der Waals surface area contributed by atoms with Gasteiger partial charge in [-0.2, -0.15) is 0 Å². The minimum atomic E-state index is 0.0680. The average molecular weight is 763 g/mol. The van der Waals surface area contributed by atoms with E-state index in [9.17, 15) is 0 Å². The molecule has 0 saturated heterocycles. The van der Waals surface area contributed by atoms with Gasteiger partial charge in [-0.05, 0) is 70.9 Å². The van der Waals surface area contributed by atoms with Crippen LogP contribution in [0.2, 0.25) is 0 Å². The van der Waals surface area contributed by atoms with Crippen LogP contribution in [0.4, 0.5) is 0 Å². The molecule has 0 heterocycles. The molecule has 2 aromatic carbocycles. The number of hydrogen-bond donors (Lipinski definition) is 8. The molecule has 0 aliphatic carbocycles. The molecular weight excluding hydrogens is 681 g/mol. The molecule has 10 heteroatoms. The summed E-state index contributed by atoms with van der Waals surface area (Å²) in [6.07, 6.45) is 9.41. The first-order valence-electron chi connectivity index (χ1n) is 19.8. The molecule has 0 aliphatic rings. The van der Waals surface area contributed by atoms with Gasteiger partial charge in [0.05, 0.1) is 11.9 Å². The zero-order valence-electron chi connectivity index (χ0n) is 36.1. The van der Waals surface area contributed by atoms with E-state index in [0.717, 1.165) is 62.5 Å². The van der Waals surface area contributed by atoms with Crippen LogP contribution in [0.5, 0.6) is 0 Å². The molecule has 312 valence electrons. The van der Waals surface area contributed by atoms with Gasteiger partial charge in [0.15, 0.2) is 5.96 Å². The normalized spacial score (nSPS) is 10.7. The Morgan fingerprint density at radius 2 is 1.42 bits per heavy atom. The Kier molecular flexibility index (Phi) is 37.6. The van der Waals surface area contributed by atoms with Gasteiger partial charge in [0.2, 0.25) is 0 Å². The third kappa shape index (κ3) is 37.6. The van der Waals surface area contributed by atoms with Crippen LogP contribution in [0.3, 0.4) is 0 Å². The van der Waals surface area contributed by atoms with Crippen molar-refractivity contribution in [3.8, 4) is 0 Å². The van der Waals surface area contributed by atoms with E-state index in [2.05, 4.69) is 118 Å². The number of nitrogens with one attached hydrogen (secondary N) is 4. The monoisotopic (exact) mass is 763 g/mol. The van der Waals surface area contributed by atoms with Gasteiger partial charge < -0.3 is 43.8 Å². The maximum Gasteiger partial charge on any atom is 0.185 e. The molecule has 12 N–H and O–H groups in total. The molecule has 55 heavy (non-hydrogen) atoms. The lowest BCUT2D eigenvalue weighted by atomic mass is 10.0. The number of aryl methyl sites for hydroxylation is 1.